The number of hydrogen-bond acceptors (Lipinski definition) is 3. The Bertz CT molecular complexity index is 805. The molecule has 2 aromatic carbocycles. The molecular weight excluding hydrogens is 344 g/mol. The summed E-state index contributed by atoms with van der Waals surface area (Å²) in [7, 11) is 1.70. The van der Waals surface area contributed by atoms with Crippen LogP contribution in [0.15, 0.2) is 54.6 Å². The summed E-state index contributed by atoms with van der Waals surface area (Å²) >= 11 is 0. The zero-order valence-corrected chi connectivity index (χ0v) is 15.5. The molecular formula is C21H24N2O4. The van der Waals surface area contributed by atoms with Gasteiger partial charge in [0, 0.05) is 31.1 Å². The van der Waals surface area contributed by atoms with E-state index in [9.17, 15) is 14.4 Å². The Morgan fingerprint density at radius 2 is 1.70 bits per heavy atom. The number of amides is 2. The van der Waals surface area contributed by atoms with Gasteiger partial charge in [0.1, 0.15) is 0 Å². The molecule has 0 heterocycles. The van der Waals surface area contributed by atoms with Crippen molar-refractivity contribution in [1.82, 2.24) is 10.2 Å². The number of rotatable bonds is 8. The molecule has 0 fully saturated rings. The third-order valence-electron chi connectivity index (χ3n) is 4.35. The number of carbonyl (C=O) groups excluding carboxylic acids is 2. The first-order valence-electron chi connectivity index (χ1n) is 8.85. The third-order valence-corrected chi connectivity index (χ3v) is 4.35. The number of carboxylic acid groups (broad SMARTS) is 1. The Labute approximate surface area is 158 Å². The summed E-state index contributed by atoms with van der Waals surface area (Å²) in [5, 5.41) is 11.9. The molecule has 6 nitrogen and oxygen atoms in total. The fourth-order valence-corrected chi connectivity index (χ4v) is 2.67. The van der Waals surface area contributed by atoms with Crippen LogP contribution in [0.1, 0.15) is 52.1 Å². The third kappa shape index (κ3) is 5.67. The monoisotopic (exact) mass is 368 g/mol. The summed E-state index contributed by atoms with van der Waals surface area (Å²) in [6, 6.07) is 15.4. The Balaban J connectivity index is 2.19. The maximum atomic E-state index is 12.7. The summed E-state index contributed by atoms with van der Waals surface area (Å²) in [5.74, 6) is -1.42. The molecule has 0 saturated heterocycles. The topological polar surface area (TPSA) is 86.7 Å². The van der Waals surface area contributed by atoms with E-state index in [2.05, 4.69) is 5.32 Å². The SMILES string of the molecule is CCN(C)C(=O)c1cccc(C(=O)NC(CCC(=O)O)c2ccccc2)c1. The summed E-state index contributed by atoms with van der Waals surface area (Å²) in [6.07, 6.45) is 0.224. The van der Waals surface area contributed by atoms with E-state index in [1.165, 1.54) is 0 Å². The minimum Gasteiger partial charge on any atom is -0.481 e. The second-order valence-corrected chi connectivity index (χ2v) is 6.27. The van der Waals surface area contributed by atoms with E-state index in [0.29, 0.717) is 17.7 Å². The lowest BCUT2D eigenvalue weighted by Crippen LogP contribution is -2.30. The maximum Gasteiger partial charge on any atom is 0.303 e. The Kier molecular flexibility index (Phi) is 7.11. The molecule has 0 saturated carbocycles. The van der Waals surface area contributed by atoms with Crippen molar-refractivity contribution in [2.75, 3.05) is 13.6 Å². The van der Waals surface area contributed by atoms with Gasteiger partial charge in [0.2, 0.25) is 0 Å². The van der Waals surface area contributed by atoms with E-state index in [-0.39, 0.29) is 24.7 Å². The van der Waals surface area contributed by atoms with Crippen LogP contribution in [0.3, 0.4) is 0 Å². The zero-order chi connectivity index (χ0) is 19.8. The van der Waals surface area contributed by atoms with Gasteiger partial charge in [0.15, 0.2) is 0 Å². The molecule has 1 atom stereocenters. The molecule has 0 radical (unpaired) electrons. The molecule has 142 valence electrons. The molecule has 2 rings (SSSR count). The normalized spacial score (nSPS) is 11.5. The van der Waals surface area contributed by atoms with Gasteiger partial charge in [-0.3, -0.25) is 14.4 Å². The van der Waals surface area contributed by atoms with Crippen molar-refractivity contribution in [3.8, 4) is 0 Å². The minimum atomic E-state index is -0.916. The van der Waals surface area contributed by atoms with Crippen LogP contribution in [0.2, 0.25) is 0 Å². The van der Waals surface area contributed by atoms with Crippen molar-refractivity contribution < 1.29 is 19.5 Å². The average molecular weight is 368 g/mol. The highest BCUT2D eigenvalue weighted by Gasteiger charge is 2.18. The van der Waals surface area contributed by atoms with Crippen molar-refractivity contribution in [3.63, 3.8) is 0 Å². The van der Waals surface area contributed by atoms with Gasteiger partial charge in [-0.1, -0.05) is 36.4 Å². The average Bonchev–Trinajstić information content (AvgIpc) is 2.70. The van der Waals surface area contributed by atoms with Gasteiger partial charge < -0.3 is 15.3 Å². The Hall–Kier alpha value is -3.15. The number of nitrogens with one attached hydrogen (secondary N) is 1. The van der Waals surface area contributed by atoms with Crippen LogP contribution >= 0.6 is 0 Å². The summed E-state index contributed by atoms with van der Waals surface area (Å²) < 4.78 is 0. The molecule has 1 unspecified atom stereocenters. The van der Waals surface area contributed by atoms with Gasteiger partial charge in [-0.05, 0) is 37.1 Å². The van der Waals surface area contributed by atoms with Crippen LogP contribution in [-0.2, 0) is 4.79 Å². The van der Waals surface area contributed by atoms with E-state index in [4.69, 9.17) is 5.11 Å². The molecule has 2 aromatic rings. The minimum absolute atomic E-state index is 0.0559. The van der Waals surface area contributed by atoms with Gasteiger partial charge in [-0.25, -0.2) is 0 Å². The van der Waals surface area contributed by atoms with E-state index in [1.54, 1.807) is 36.2 Å². The summed E-state index contributed by atoms with van der Waals surface area (Å²) in [6.45, 7) is 2.45. The molecule has 6 heteroatoms. The van der Waals surface area contributed by atoms with Gasteiger partial charge in [-0.2, -0.15) is 0 Å². The predicted molar refractivity (Wildman–Crippen MR) is 103 cm³/mol. The van der Waals surface area contributed by atoms with Gasteiger partial charge in [0.05, 0.1) is 6.04 Å². The van der Waals surface area contributed by atoms with Gasteiger partial charge in [0.25, 0.3) is 11.8 Å². The Morgan fingerprint density at radius 3 is 2.33 bits per heavy atom. The zero-order valence-electron chi connectivity index (χ0n) is 15.5. The van der Waals surface area contributed by atoms with Crippen LogP contribution in [0.5, 0.6) is 0 Å². The van der Waals surface area contributed by atoms with Crippen molar-refractivity contribution >= 4 is 17.8 Å². The van der Waals surface area contributed by atoms with Crippen molar-refractivity contribution in [2.24, 2.45) is 0 Å². The van der Waals surface area contributed by atoms with E-state index >= 15 is 0 Å². The fraction of sp³-hybridized carbons (Fsp3) is 0.286. The van der Waals surface area contributed by atoms with E-state index in [1.807, 2.05) is 37.3 Å². The standard InChI is InChI=1S/C21H24N2O4/c1-3-23(2)21(27)17-11-7-10-16(14-17)20(26)22-18(12-13-19(24)25)15-8-5-4-6-9-15/h4-11,14,18H,3,12-13H2,1-2H3,(H,22,26)(H,24,25). The van der Waals surface area contributed by atoms with Crippen LogP contribution < -0.4 is 5.32 Å². The first-order valence-corrected chi connectivity index (χ1v) is 8.85. The lowest BCUT2D eigenvalue weighted by molar-refractivity contribution is -0.137. The smallest absolute Gasteiger partial charge is 0.303 e. The molecule has 2 amide bonds. The molecule has 27 heavy (non-hydrogen) atoms. The van der Waals surface area contributed by atoms with E-state index in [0.717, 1.165) is 5.56 Å². The first kappa shape index (κ1) is 20.2. The fourth-order valence-electron chi connectivity index (χ4n) is 2.67. The van der Waals surface area contributed by atoms with Crippen molar-refractivity contribution in [3.05, 3.63) is 71.3 Å². The lowest BCUT2D eigenvalue weighted by atomic mass is 10.0. The summed E-state index contributed by atoms with van der Waals surface area (Å²) in [5.41, 5.74) is 1.64. The number of carboxylic acids is 1. The molecule has 0 aliphatic rings. The highest BCUT2D eigenvalue weighted by atomic mass is 16.4. The highest BCUT2D eigenvalue weighted by Crippen LogP contribution is 2.19. The number of benzene rings is 2. The van der Waals surface area contributed by atoms with Crippen LogP contribution in [0.4, 0.5) is 0 Å². The number of nitrogens with zero attached hydrogens (tertiary/aromatic N) is 1. The molecule has 0 aliphatic heterocycles. The largest absolute Gasteiger partial charge is 0.481 e. The molecule has 0 aliphatic carbocycles. The molecule has 0 aromatic heterocycles. The Morgan fingerprint density at radius 1 is 1.04 bits per heavy atom. The highest BCUT2D eigenvalue weighted by molar-refractivity contribution is 5.99. The second-order valence-electron chi connectivity index (χ2n) is 6.27. The predicted octanol–water partition coefficient (Wildman–Crippen LogP) is 3.11. The summed E-state index contributed by atoms with van der Waals surface area (Å²) in [4.78, 5) is 37.5. The van der Waals surface area contributed by atoms with Crippen LogP contribution in [-0.4, -0.2) is 41.4 Å². The van der Waals surface area contributed by atoms with Crippen molar-refractivity contribution in [1.29, 1.82) is 0 Å². The van der Waals surface area contributed by atoms with E-state index < -0.39 is 12.0 Å². The van der Waals surface area contributed by atoms with Gasteiger partial charge >= 0.3 is 5.97 Å². The number of carbonyl (C=O) groups is 3. The molecule has 2 N–H and O–H groups in total. The lowest BCUT2D eigenvalue weighted by Gasteiger charge is -2.19. The van der Waals surface area contributed by atoms with Crippen LogP contribution in [0, 0.1) is 0 Å². The van der Waals surface area contributed by atoms with Crippen molar-refractivity contribution in [2.45, 2.75) is 25.8 Å². The second kappa shape index (κ2) is 9.52. The van der Waals surface area contributed by atoms with Crippen LogP contribution in [0.25, 0.3) is 0 Å². The quantitative estimate of drug-likeness (QED) is 0.749. The van der Waals surface area contributed by atoms with Gasteiger partial charge in [-0.15, -0.1) is 0 Å². The number of aliphatic carboxylic acids is 1. The molecule has 0 spiro atoms. The number of hydrogen-bond donors (Lipinski definition) is 2. The maximum absolute atomic E-state index is 12.7. The molecule has 0 bridgehead atoms. The first-order chi connectivity index (χ1) is 12.9.